The lowest BCUT2D eigenvalue weighted by molar-refractivity contribution is 0.336. The maximum Gasteiger partial charge on any atom is 0.170 e. The van der Waals surface area contributed by atoms with Crippen molar-refractivity contribution in [3.05, 3.63) is 58.7 Å². The highest BCUT2D eigenvalue weighted by Crippen LogP contribution is 2.20. The first-order valence-corrected chi connectivity index (χ1v) is 8.75. The number of nitrogens with one attached hydrogen (secondary N) is 2. The van der Waals surface area contributed by atoms with Crippen LogP contribution in [-0.4, -0.2) is 18.3 Å². The molecule has 0 amide bonds. The summed E-state index contributed by atoms with van der Waals surface area (Å²) >= 11 is 5.42. The van der Waals surface area contributed by atoms with Crippen LogP contribution in [0, 0.1) is 20.8 Å². The van der Waals surface area contributed by atoms with Crippen molar-refractivity contribution in [2.45, 2.75) is 34.1 Å². The van der Waals surface area contributed by atoms with E-state index in [1.807, 2.05) is 25.1 Å². The van der Waals surface area contributed by atoms with Crippen LogP contribution in [-0.2, 0) is 6.42 Å². The highest BCUT2D eigenvalue weighted by atomic mass is 32.1. The highest BCUT2D eigenvalue weighted by molar-refractivity contribution is 7.80. The summed E-state index contributed by atoms with van der Waals surface area (Å²) < 4.78 is 5.65. The molecule has 3 nitrogen and oxygen atoms in total. The Balaban J connectivity index is 1.89. The Morgan fingerprint density at radius 3 is 2.50 bits per heavy atom. The second kappa shape index (κ2) is 8.69. The molecule has 0 saturated heterocycles. The minimum absolute atomic E-state index is 0.648. The van der Waals surface area contributed by atoms with Crippen molar-refractivity contribution in [2.24, 2.45) is 0 Å². The van der Waals surface area contributed by atoms with Gasteiger partial charge in [0.2, 0.25) is 0 Å². The van der Waals surface area contributed by atoms with Crippen molar-refractivity contribution in [1.82, 2.24) is 5.32 Å². The lowest BCUT2D eigenvalue weighted by Gasteiger charge is -2.15. The molecule has 2 aromatic carbocycles. The van der Waals surface area contributed by atoms with Gasteiger partial charge in [-0.05, 0) is 80.7 Å². The summed E-state index contributed by atoms with van der Waals surface area (Å²) in [6, 6.07) is 12.5. The number of aryl methyl sites for hydroxylation is 3. The van der Waals surface area contributed by atoms with E-state index in [1.165, 1.54) is 22.3 Å². The third-order valence-corrected chi connectivity index (χ3v) is 4.29. The number of ether oxygens (including phenoxy) is 1. The molecule has 2 aromatic rings. The van der Waals surface area contributed by atoms with Crippen LogP contribution in [0.2, 0.25) is 0 Å². The fourth-order valence-electron chi connectivity index (χ4n) is 2.58. The topological polar surface area (TPSA) is 33.3 Å². The van der Waals surface area contributed by atoms with Gasteiger partial charge in [-0.2, -0.15) is 0 Å². The van der Waals surface area contributed by atoms with Gasteiger partial charge in [-0.1, -0.05) is 24.3 Å². The average molecular weight is 343 g/mol. The summed E-state index contributed by atoms with van der Waals surface area (Å²) in [7, 11) is 0. The molecular weight excluding hydrogens is 316 g/mol. The summed E-state index contributed by atoms with van der Waals surface area (Å²) in [5.41, 5.74) is 6.01. The van der Waals surface area contributed by atoms with Crippen LogP contribution in [0.1, 0.15) is 29.2 Å². The van der Waals surface area contributed by atoms with Crippen molar-refractivity contribution in [1.29, 1.82) is 0 Å². The fourth-order valence-corrected chi connectivity index (χ4v) is 2.79. The zero-order chi connectivity index (χ0) is 17.5. The van der Waals surface area contributed by atoms with Gasteiger partial charge >= 0.3 is 0 Å². The van der Waals surface area contributed by atoms with E-state index in [4.69, 9.17) is 17.0 Å². The first-order chi connectivity index (χ1) is 11.5. The zero-order valence-electron chi connectivity index (χ0n) is 14.9. The lowest BCUT2D eigenvalue weighted by atomic mass is 10.1. The van der Waals surface area contributed by atoms with E-state index in [1.54, 1.807) is 0 Å². The Hall–Kier alpha value is -2.07. The van der Waals surface area contributed by atoms with E-state index in [-0.39, 0.29) is 0 Å². The smallest absolute Gasteiger partial charge is 0.170 e. The molecule has 0 aliphatic carbocycles. The van der Waals surface area contributed by atoms with E-state index in [9.17, 15) is 0 Å². The fraction of sp³-hybridized carbons (Fsp3) is 0.350. The molecule has 0 radical (unpaired) electrons. The predicted octanol–water partition coefficient (Wildman–Crippen LogP) is 4.54. The van der Waals surface area contributed by atoms with Crippen LogP contribution in [0.15, 0.2) is 36.4 Å². The van der Waals surface area contributed by atoms with Crippen LogP contribution >= 0.6 is 12.2 Å². The number of para-hydroxylation sites is 1. The number of hydrogen-bond donors (Lipinski definition) is 2. The van der Waals surface area contributed by atoms with E-state index in [0.717, 1.165) is 24.4 Å². The van der Waals surface area contributed by atoms with Gasteiger partial charge in [-0.15, -0.1) is 0 Å². The summed E-state index contributed by atoms with van der Waals surface area (Å²) in [5, 5.41) is 7.22. The van der Waals surface area contributed by atoms with Gasteiger partial charge in [0.25, 0.3) is 0 Å². The van der Waals surface area contributed by atoms with Gasteiger partial charge in [0.15, 0.2) is 5.11 Å². The van der Waals surface area contributed by atoms with E-state index < -0.39 is 0 Å². The maximum absolute atomic E-state index is 5.65. The molecule has 0 fully saturated rings. The molecule has 0 heterocycles. The van der Waals surface area contributed by atoms with E-state index >= 15 is 0 Å². The van der Waals surface area contributed by atoms with Crippen LogP contribution in [0.5, 0.6) is 5.75 Å². The number of rotatable bonds is 6. The second-order valence-corrected chi connectivity index (χ2v) is 6.33. The normalized spacial score (nSPS) is 10.3. The molecule has 0 saturated carbocycles. The Labute approximate surface area is 150 Å². The number of thiocarbonyl (C=S) groups is 1. The number of hydrogen-bond acceptors (Lipinski definition) is 2. The molecule has 4 heteroatoms. The average Bonchev–Trinajstić information content (AvgIpc) is 2.54. The van der Waals surface area contributed by atoms with Crippen molar-refractivity contribution in [3.8, 4) is 5.75 Å². The van der Waals surface area contributed by atoms with Gasteiger partial charge in [-0.25, -0.2) is 0 Å². The molecule has 0 aliphatic heterocycles. The molecular formula is C20H26N2OS. The number of anilines is 1. The Morgan fingerprint density at radius 1 is 1.04 bits per heavy atom. The second-order valence-electron chi connectivity index (χ2n) is 5.92. The van der Waals surface area contributed by atoms with E-state index in [2.05, 4.69) is 49.6 Å². The Kier molecular flexibility index (Phi) is 6.62. The summed E-state index contributed by atoms with van der Waals surface area (Å²) in [6.45, 7) is 9.77. The van der Waals surface area contributed by atoms with Crippen molar-refractivity contribution >= 4 is 23.0 Å². The molecule has 0 spiro atoms. The summed E-state index contributed by atoms with van der Waals surface area (Å²) in [4.78, 5) is 0. The largest absolute Gasteiger partial charge is 0.494 e. The van der Waals surface area contributed by atoms with Gasteiger partial charge < -0.3 is 15.4 Å². The maximum atomic E-state index is 5.65. The zero-order valence-corrected chi connectivity index (χ0v) is 15.7. The van der Waals surface area contributed by atoms with Crippen LogP contribution in [0.3, 0.4) is 0 Å². The summed E-state index contributed by atoms with van der Waals surface area (Å²) in [6.07, 6.45) is 0.865. The third kappa shape index (κ3) is 4.96. The lowest BCUT2D eigenvalue weighted by Crippen LogP contribution is -2.30. The molecule has 24 heavy (non-hydrogen) atoms. The molecule has 0 aliphatic rings. The van der Waals surface area contributed by atoms with Crippen LogP contribution in [0.25, 0.3) is 0 Å². The standard InChI is InChI=1S/C20H26N2OS/c1-5-23-19-9-7-6-8-17(19)10-11-21-20(24)22-18-13-15(3)14(2)12-16(18)4/h6-9,12-13H,5,10-11H2,1-4H3,(H2,21,22,24). The SMILES string of the molecule is CCOc1ccccc1CCNC(=S)Nc1cc(C)c(C)cc1C. The number of benzene rings is 2. The first kappa shape index (κ1) is 18.3. The van der Waals surface area contributed by atoms with Gasteiger partial charge in [-0.3, -0.25) is 0 Å². The minimum Gasteiger partial charge on any atom is -0.494 e. The Bertz CT molecular complexity index is 713. The monoisotopic (exact) mass is 342 g/mol. The molecule has 0 aromatic heterocycles. The third-order valence-electron chi connectivity index (χ3n) is 4.04. The molecule has 0 unspecified atom stereocenters. The van der Waals surface area contributed by atoms with Crippen molar-refractivity contribution in [2.75, 3.05) is 18.5 Å². The molecule has 2 N–H and O–H groups in total. The molecule has 0 bridgehead atoms. The van der Waals surface area contributed by atoms with Crippen molar-refractivity contribution < 1.29 is 4.74 Å². The van der Waals surface area contributed by atoms with Gasteiger partial charge in [0.05, 0.1) is 6.61 Å². The van der Waals surface area contributed by atoms with Crippen LogP contribution < -0.4 is 15.4 Å². The Morgan fingerprint density at radius 2 is 1.75 bits per heavy atom. The van der Waals surface area contributed by atoms with Gasteiger partial charge in [0, 0.05) is 12.2 Å². The predicted molar refractivity (Wildman–Crippen MR) is 106 cm³/mol. The molecule has 2 rings (SSSR count). The van der Waals surface area contributed by atoms with Crippen molar-refractivity contribution in [3.63, 3.8) is 0 Å². The quantitative estimate of drug-likeness (QED) is 0.755. The molecule has 128 valence electrons. The minimum atomic E-state index is 0.648. The highest BCUT2D eigenvalue weighted by Gasteiger charge is 2.05. The molecule has 0 atom stereocenters. The summed E-state index contributed by atoms with van der Waals surface area (Å²) in [5.74, 6) is 0.950. The van der Waals surface area contributed by atoms with Crippen LogP contribution in [0.4, 0.5) is 5.69 Å². The first-order valence-electron chi connectivity index (χ1n) is 8.34. The van der Waals surface area contributed by atoms with Gasteiger partial charge in [0.1, 0.15) is 5.75 Å². The van der Waals surface area contributed by atoms with E-state index in [0.29, 0.717) is 11.7 Å².